The van der Waals surface area contributed by atoms with E-state index in [1.165, 1.54) is 4.88 Å². The highest BCUT2D eigenvalue weighted by atomic mass is 32.1. The Kier molecular flexibility index (Phi) is 3.69. The van der Waals surface area contributed by atoms with Crippen LogP contribution < -0.4 is 5.32 Å². The maximum Gasteiger partial charge on any atom is 0.183 e. The van der Waals surface area contributed by atoms with Gasteiger partial charge in [-0.2, -0.15) is 0 Å². The topological polar surface area (TPSA) is 45.1 Å². The summed E-state index contributed by atoms with van der Waals surface area (Å²) in [5, 5.41) is 13.3. The molecule has 0 saturated carbocycles. The smallest absolute Gasteiger partial charge is 0.183 e. The highest BCUT2D eigenvalue weighted by Gasteiger charge is 2.04. The molecule has 0 aliphatic heterocycles. The molecule has 13 heavy (non-hydrogen) atoms. The van der Waals surface area contributed by atoms with Crippen molar-refractivity contribution in [1.29, 1.82) is 0 Å². The number of nitrogens with zero attached hydrogens (tertiary/aromatic N) is 1. The molecular formula is C9H16N2OS. The van der Waals surface area contributed by atoms with E-state index < -0.39 is 0 Å². The van der Waals surface area contributed by atoms with Gasteiger partial charge in [-0.1, -0.05) is 6.92 Å². The number of nitrogens with one attached hydrogen (secondary N) is 1. The third-order valence-electron chi connectivity index (χ3n) is 1.99. The zero-order chi connectivity index (χ0) is 9.84. The summed E-state index contributed by atoms with van der Waals surface area (Å²) in [4.78, 5) is 5.54. The van der Waals surface area contributed by atoms with Gasteiger partial charge in [0.25, 0.3) is 0 Å². The predicted octanol–water partition coefficient (Wildman–Crippen LogP) is 1.94. The number of thiazole rings is 1. The van der Waals surface area contributed by atoms with Crippen LogP contribution in [0.15, 0.2) is 0 Å². The molecule has 0 radical (unpaired) electrons. The van der Waals surface area contributed by atoms with E-state index in [9.17, 15) is 5.11 Å². The first-order valence-corrected chi connectivity index (χ1v) is 5.31. The summed E-state index contributed by atoms with van der Waals surface area (Å²) in [7, 11) is 0. The Labute approximate surface area is 82.8 Å². The van der Waals surface area contributed by atoms with E-state index in [1.54, 1.807) is 11.3 Å². The second-order valence-electron chi connectivity index (χ2n) is 3.10. The van der Waals surface area contributed by atoms with Gasteiger partial charge in [0.2, 0.25) is 0 Å². The molecular weight excluding hydrogens is 184 g/mol. The number of hydrogen-bond donors (Lipinski definition) is 2. The van der Waals surface area contributed by atoms with Crippen molar-refractivity contribution in [3.8, 4) is 0 Å². The number of aromatic nitrogens is 1. The standard InChI is InChI=1S/C9H16N2OS/c1-4-8(12)5-10-9-11-6(2)7(3)13-9/h8,12H,4-5H2,1-3H3,(H,10,11). The van der Waals surface area contributed by atoms with Gasteiger partial charge < -0.3 is 10.4 Å². The van der Waals surface area contributed by atoms with E-state index in [1.807, 2.05) is 13.8 Å². The van der Waals surface area contributed by atoms with Crippen LogP contribution in [0.2, 0.25) is 0 Å². The van der Waals surface area contributed by atoms with Crippen molar-refractivity contribution in [1.82, 2.24) is 4.98 Å². The Bertz CT molecular complexity index is 253. The number of aliphatic hydroxyl groups excluding tert-OH is 1. The summed E-state index contributed by atoms with van der Waals surface area (Å²) in [5.74, 6) is 0. The summed E-state index contributed by atoms with van der Waals surface area (Å²) >= 11 is 1.63. The summed E-state index contributed by atoms with van der Waals surface area (Å²) in [5.41, 5.74) is 1.07. The molecule has 4 heteroatoms. The highest BCUT2D eigenvalue weighted by Crippen LogP contribution is 2.20. The first kappa shape index (κ1) is 10.5. The molecule has 0 aliphatic carbocycles. The zero-order valence-electron chi connectivity index (χ0n) is 8.29. The lowest BCUT2D eigenvalue weighted by atomic mass is 10.3. The average molecular weight is 200 g/mol. The Morgan fingerprint density at radius 2 is 2.23 bits per heavy atom. The van der Waals surface area contributed by atoms with Gasteiger partial charge in [-0.3, -0.25) is 0 Å². The van der Waals surface area contributed by atoms with Gasteiger partial charge in [0, 0.05) is 11.4 Å². The first-order valence-electron chi connectivity index (χ1n) is 4.49. The van der Waals surface area contributed by atoms with Crippen molar-refractivity contribution in [2.75, 3.05) is 11.9 Å². The minimum absolute atomic E-state index is 0.274. The molecule has 2 N–H and O–H groups in total. The minimum Gasteiger partial charge on any atom is -0.391 e. The van der Waals surface area contributed by atoms with Gasteiger partial charge in [-0.15, -0.1) is 11.3 Å². The van der Waals surface area contributed by atoms with Gasteiger partial charge >= 0.3 is 0 Å². The summed E-state index contributed by atoms with van der Waals surface area (Å²) < 4.78 is 0. The lowest BCUT2D eigenvalue weighted by Gasteiger charge is -2.07. The molecule has 3 nitrogen and oxygen atoms in total. The second-order valence-corrected chi connectivity index (χ2v) is 4.31. The Hall–Kier alpha value is -0.610. The molecule has 1 rings (SSSR count). The second kappa shape index (κ2) is 4.58. The van der Waals surface area contributed by atoms with E-state index in [0.717, 1.165) is 17.2 Å². The van der Waals surface area contributed by atoms with Crippen LogP contribution in [-0.4, -0.2) is 22.7 Å². The summed E-state index contributed by atoms with van der Waals surface area (Å²) in [6.07, 6.45) is 0.501. The number of anilines is 1. The van der Waals surface area contributed by atoms with Crippen LogP contribution in [0.4, 0.5) is 5.13 Å². The fourth-order valence-electron chi connectivity index (χ4n) is 0.898. The van der Waals surface area contributed by atoms with Gasteiger partial charge in [0.05, 0.1) is 11.8 Å². The van der Waals surface area contributed by atoms with Crippen molar-refractivity contribution in [2.24, 2.45) is 0 Å². The fourth-order valence-corrected chi connectivity index (χ4v) is 1.72. The fraction of sp³-hybridized carbons (Fsp3) is 0.667. The van der Waals surface area contributed by atoms with Crippen LogP contribution in [0.1, 0.15) is 23.9 Å². The molecule has 0 spiro atoms. The molecule has 1 unspecified atom stereocenters. The van der Waals surface area contributed by atoms with Crippen LogP contribution in [-0.2, 0) is 0 Å². The van der Waals surface area contributed by atoms with Crippen LogP contribution in [0, 0.1) is 13.8 Å². The van der Waals surface area contributed by atoms with Crippen LogP contribution in [0.25, 0.3) is 0 Å². The SMILES string of the molecule is CCC(O)CNc1nc(C)c(C)s1. The molecule has 1 atom stereocenters. The van der Waals surface area contributed by atoms with Crippen LogP contribution >= 0.6 is 11.3 Å². The van der Waals surface area contributed by atoms with Crippen LogP contribution in [0.3, 0.4) is 0 Å². The van der Waals surface area contributed by atoms with Gasteiger partial charge in [0.1, 0.15) is 0 Å². The number of aryl methyl sites for hydroxylation is 2. The Morgan fingerprint density at radius 3 is 2.69 bits per heavy atom. The van der Waals surface area contributed by atoms with E-state index >= 15 is 0 Å². The molecule has 1 aromatic heterocycles. The molecule has 0 amide bonds. The van der Waals surface area contributed by atoms with E-state index in [0.29, 0.717) is 6.54 Å². The molecule has 0 fully saturated rings. The average Bonchev–Trinajstić information content (AvgIpc) is 2.42. The van der Waals surface area contributed by atoms with Gasteiger partial charge in [0.15, 0.2) is 5.13 Å². The number of hydrogen-bond acceptors (Lipinski definition) is 4. The highest BCUT2D eigenvalue weighted by molar-refractivity contribution is 7.15. The maximum absolute atomic E-state index is 9.31. The van der Waals surface area contributed by atoms with Crippen molar-refractivity contribution >= 4 is 16.5 Å². The van der Waals surface area contributed by atoms with Gasteiger partial charge in [-0.25, -0.2) is 4.98 Å². The van der Waals surface area contributed by atoms with E-state index in [4.69, 9.17) is 0 Å². The summed E-state index contributed by atoms with van der Waals surface area (Å²) in [6, 6.07) is 0. The maximum atomic E-state index is 9.31. The van der Waals surface area contributed by atoms with Crippen molar-refractivity contribution in [2.45, 2.75) is 33.3 Å². The lowest BCUT2D eigenvalue weighted by Crippen LogP contribution is -2.17. The largest absolute Gasteiger partial charge is 0.391 e. The summed E-state index contributed by atoms with van der Waals surface area (Å²) in [6.45, 7) is 6.59. The van der Waals surface area contributed by atoms with E-state index in [2.05, 4.69) is 17.2 Å². The van der Waals surface area contributed by atoms with Crippen molar-refractivity contribution < 1.29 is 5.11 Å². The van der Waals surface area contributed by atoms with Crippen molar-refractivity contribution in [3.63, 3.8) is 0 Å². The number of rotatable bonds is 4. The number of aliphatic hydroxyl groups is 1. The molecule has 0 saturated heterocycles. The quantitative estimate of drug-likeness (QED) is 0.780. The van der Waals surface area contributed by atoms with Crippen LogP contribution in [0.5, 0.6) is 0 Å². The molecule has 0 aromatic carbocycles. The van der Waals surface area contributed by atoms with Gasteiger partial charge in [-0.05, 0) is 20.3 Å². The van der Waals surface area contributed by atoms with Crippen molar-refractivity contribution in [3.05, 3.63) is 10.6 Å². The monoisotopic (exact) mass is 200 g/mol. The predicted molar refractivity (Wildman–Crippen MR) is 56.4 cm³/mol. The normalized spacial score (nSPS) is 12.9. The molecule has 1 heterocycles. The first-order chi connectivity index (χ1) is 6.13. The molecule has 0 aliphatic rings. The third-order valence-corrected chi connectivity index (χ3v) is 3.02. The zero-order valence-corrected chi connectivity index (χ0v) is 9.11. The lowest BCUT2D eigenvalue weighted by molar-refractivity contribution is 0.183. The Balaban J connectivity index is 2.45. The molecule has 1 aromatic rings. The minimum atomic E-state index is -0.274. The van der Waals surface area contributed by atoms with E-state index in [-0.39, 0.29) is 6.10 Å². The third kappa shape index (κ3) is 2.97. The molecule has 74 valence electrons. The Morgan fingerprint density at radius 1 is 1.54 bits per heavy atom. The molecule has 0 bridgehead atoms.